The second-order valence-corrected chi connectivity index (χ2v) is 5.21. The van der Waals surface area contributed by atoms with Gasteiger partial charge in [-0.2, -0.15) is 0 Å². The first-order valence-electron chi connectivity index (χ1n) is 6.26. The van der Waals surface area contributed by atoms with Gasteiger partial charge in [0, 0.05) is 22.5 Å². The number of nitrogen functional groups attached to an aromatic ring is 1. The lowest BCUT2D eigenvalue weighted by Crippen LogP contribution is -1.95. The van der Waals surface area contributed by atoms with Crippen LogP contribution in [0, 0.1) is 6.92 Å². The summed E-state index contributed by atoms with van der Waals surface area (Å²) in [6.07, 6.45) is 1.82. The highest BCUT2D eigenvalue weighted by molar-refractivity contribution is 7.98. The second kappa shape index (κ2) is 6.48. The summed E-state index contributed by atoms with van der Waals surface area (Å²) in [6, 6.07) is 9.80. The van der Waals surface area contributed by atoms with Gasteiger partial charge in [-0.1, -0.05) is 6.07 Å². The number of rotatable bonds is 5. The van der Waals surface area contributed by atoms with Crippen molar-refractivity contribution in [3.63, 3.8) is 0 Å². The smallest absolute Gasteiger partial charge is 0.120 e. The summed E-state index contributed by atoms with van der Waals surface area (Å²) in [5.41, 5.74) is 9.07. The third kappa shape index (κ3) is 3.64. The molecule has 3 nitrogen and oxygen atoms in total. The van der Waals surface area contributed by atoms with Gasteiger partial charge in [0.25, 0.3) is 0 Å². The summed E-state index contributed by atoms with van der Waals surface area (Å²) in [5, 5.41) is 0. The number of hydrogen-bond donors (Lipinski definition) is 1. The van der Waals surface area contributed by atoms with Crippen molar-refractivity contribution in [1.82, 2.24) is 4.98 Å². The summed E-state index contributed by atoms with van der Waals surface area (Å²) < 4.78 is 5.49. The Labute approximate surface area is 118 Å². The molecule has 2 N–H and O–H groups in total. The van der Waals surface area contributed by atoms with E-state index in [1.807, 2.05) is 37.4 Å². The zero-order valence-electron chi connectivity index (χ0n) is 11.2. The van der Waals surface area contributed by atoms with Gasteiger partial charge in [0.2, 0.25) is 0 Å². The fourth-order valence-corrected chi connectivity index (χ4v) is 2.74. The molecule has 19 heavy (non-hydrogen) atoms. The van der Waals surface area contributed by atoms with E-state index in [-0.39, 0.29) is 0 Å². The predicted molar refractivity (Wildman–Crippen MR) is 80.6 cm³/mol. The molecule has 0 bridgehead atoms. The Balaban J connectivity index is 2.10. The zero-order chi connectivity index (χ0) is 13.7. The Bertz CT molecular complexity index is 558. The average Bonchev–Trinajstić information content (AvgIpc) is 2.41. The maximum Gasteiger partial charge on any atom is 0.120 e. The SMILES string of the molecule is CCOc1ccc(N)c(SCc2ncccc2C)c1. The van der Waals surface area contributed by atoms with Crippen LogP contribution in [0.15, 0.2) is 41.4 Å². The Morgan fingerprint density at radius 2 is 2.16 bits per heavy atom. The Kier molecular flexibility index (Phi) is 4.68. The maximum absolute atomic E-state index is 5.99. The number of aromatic nitrogens is 1. The fourth-order valence-electron chi connectivity index (χ4n) is 1.71. The van der Waals surface area contributed by atoms with Gasteiger partial charge in [0.15, 0.2) is 0 Å². The van der Waals surface area contributed by atoms with Crippen LogP contribution >= 0.6 is 11.8 Å². The van der Waals surface area contributed by atoms with Gasteiger partial charge in [-0.05, 0) is 43.7 Å². The van der Waals surface area contributed by atoms with Crippen molar-refractivity contribution in [2.45, 2.75) is 24.5 Å². The minimum atomic E-state index is 0.660. The first-order chi connectivity index (χ1) is 9.20. The summed E-state index contributed by atoms with van der Waals surface area (Å²) in [4.78, 5) is 5.43. The number of nitrogens with zero attached hydrogens (tertiary/aromatic N) is 1. The van der Waals surface area contributed by atoms with Crippen molar-refractivity contribution in [2.24, 2.45) is 0 Å². The molecular weight excluding hydrogens is 256 g/mol. The van der Waals surface area contributed by atoms with Crippen molar-refractivity contribution in [1.29, 1.82) is 0 Å². The van der Waals surface area contributed by atoms with Crippen LogP contribution in [-0.2, 0) is 5.75 Å². The minimum absolute atomic E-state index is 0.660. The number of anilines is 1. The van der Waals surface area contributed by atoms with Crippen LogP contribution in [0.3, 0.4) is 0 Å². The lowest BCUT2D eigenvalue weighted by atomic mass is 10.2. The molecule has 0 aliphatic heterocycles. The van der Waals surface area contributed by atoms with Crippen molar-refractivity contribution in [3.8, 4) is 5.75 Å². The van der Waals surface area contributed by atoms with Crippen molar-refractivity contribution in [3.05, 3.63) is 47.8 Å². The number of nitrogens with two attached hydrogens (primary N) is 1. The monoisotopic (exact) mass is 274 g/mol. The normalized spacial score (nSPS) is 10.4. The molecule has 0 radical (unpaired) electrons. The number of thioether (sulfide) groups is 1. The van der Waals surface area contributed by atoms with Crippen LogP contribution in [0.25, 0.3) is 0 Å². The summed E-state index contributed by atoms with van der Waals surface area (Å²) in [5.74, 6) is 1.67. The molecule has 0 saturated heterocycles. The van der Waals surface area contributed by atoms with E-state index < -0.39 is 0 Å². The first kappa shape index (κ1) is 13.7. The number of ether oxygens (including phenoxy) is 1. The van der Waals surface area contributed by atoms with E-state index in [4.69, 9.17) is 10.5 Å². The van der Waals surface area contributed by atoms with E-state index in [1.165, 1.54) is 5.56 Å². The molecule has 1 heterocycles. The molecule has 0 amide bonds. The van der Waals surface area contributed by atoms with E-state index in [1.54, 1.807) is 11.8 Å². The number of pyridine rings is 1. The Morgan fingerprint density at radius 1 is 1.32 bits per heavy atom. The van der Waals surface area contributed by atoms with Crippen LogP contribution in [0.2, 0.25) is 0 Å². The quantitative estimate of drug-likeness (QED) is 0.667. The molecule has 0 unspecified atom stereocenters. The average molecular weight is 274 g/mol. The lowest BCUT2D eigenvalue weighted by Gasteiger charge is -2.09. The largest absolute Gasteiger partial charge is 0.494 e. The van der Waals surface area contributed by atoms with Gasteiger partial charge in [-0.3, -0.25) is 4.98 Å². The molecule has 1 aromatic heterocycles. The Morgan fingerprint density at radius 3 is 2.89 bits per heavy atom. The Hall–Kier alpha value is -1.68. The van der Waals surface area contributed by atoms with E-state index in [9.17, 15) is 0 Å². The minimum Gasteiger partial charge on any atom is -0.494 e. The van der Waals surface area contributed by atoms with Crippen LogP contribution in [0.4, 0.5) is 5.69 Å². The predicted octanol–water partition coefficient (Wildman–Crippen LogP) is 3.66. The fraction of sp³-hybridized carbons (Fsp3) is 0.267. The van der Waals surface area contributed by atoms with Gasteiger partial charge in [0.1, 0.15) is 5.75 Å². The second-order valence-electron chi connectivity index (χ2n) is 4.19. The van der Waals surface area contributed by atoms with Crippen molar-refractivity contribution >= 4 is 17.4 Å². The zero-order valence-corrected chi connectivity index (χ0v) is 12.0. The number of hydrogen-bond acceptors (Lipinski definition) is 4. The lowest BCUT2D eigenvalue weighted by molar-refractivity contribution is 0.339. The summed E-state index contributed by atoms with van der Waals surface area (Å²) in [6.45, 7) is 4.71. The third-order valence-electron chi connectivity index (χ3n) is 2.78. The topological polar surface area (TPSA) is 48.1 Å². The molecule has 1 aromatic carbocycles. The van der Waals surface area contributed by atoms with Crippen LogP contribution in [-0.4, -0.2) is 11.6 Å². The molecule has 0 aliphatic rings. The third-order valence-corrected chi connectivity index (χ3v) is 3.86. The maximum atomic E-state index is 5.99. The van der Waals surface area contributed by atoms with E-state index in [0.717, 1.165) is 27.8 Å². The molecular formula is C15H18N2OS. The molecule has 0 fully saturated rings. The molecule has 2 aromatic rings. The van der Waals surface area contributed by atoms with Crippen molar-refractivity contribution < 1.29 is 4.74 Å². The van der Waals surface area contributed by atoms with Gasteiger partial charge < -0.3 is 10.5 Å². The number of aryl methyl sites for hydroxylation is 1. The van der Waals surface area contributed by atoms with E-state index >= 15 is 0 Å². The van der Waals surface area contributed by atoms with Gasteiger partial charge in [0.05, 0.1) is 12.3 Å². The van der Waals surface area contributed by atoms with Gasteiger partial charge >= 0.3 is 0 Å². The molecule has 2 rings (SSSR count). The molecule has 0 aliphatic carbocycles. The number of benzene rings is 1. The van der Waals surface area contributed by atoms with E-state index in [0.29, 0.717) is 6.61 Å². The highest BCUT2D eigenvalue weighted by Crippen LogP contribution is 2.31. The highest BCUT2D eigenvalue weighted by atomic mass is 32.2. The standard InChI is InChI=1S/C15H18N2OS/c1-3-18-12-6-7-13(16)15(9-12)19-10-14-11(2)5-4-8-17-14/h4-9H,3,10,16H2,1-2H3. The molecule has 0 atom stereocenters. The molecule has 0 saturated carbocycles. The van der Waals surface area contributed by atoms with Crippen LogP contribution in [0.1, 0.15) is 18.2 Å². The molecule has 100 valence electrons. The van der Waals surface area contributed by atoms with Crippen LogP contribution < -0.4 is 10.5 Å². The molecule has 0 spiro atoms. The van der Waals surface area contributed by atoms with Gasteiger partial charge in [-0.25, -0.2) is 0 Å². The van der Waals surface area contributed by atoms with E-state index in [2.05, 4.69) is 18.0 Å². The summed E-state index contributed by atoms with van der Waals surface area (Å²) in [7, 11) is 0. The molecule has 4 heteroatoms. The van der Waals surface area contributed by atoms with Crippen LogP contribution in [0.5, 0.6) is 5.75 Å². The van der Waals surface area contributed by atoms with Gasteiger partial charge in [-0.15, -0.1) is 11.8 Å². The highest BCUT2D eigenvalue weighted by Gasteiger charge is 2.05. The first-order valence-corrected chi connectivity index (χ1v) is 7.25. The summed E-state index contributed by atoms with van der Waals surface area (Å²) >= 11 is 1.69. The van der Waals surface area contributed by atoms with Crippen molar-refractivity contribution in [2.75, 3.05) is 12.3 Å².